The third-order valence-electron chi connectivity index (χ3n) is 7.96. The number of benzene rings is 2. The van der Waals surface area contributed by atoms with Gasteiger partial charge >= 0.3 is 0 Å². The summed E-state index contributed by atoms with van der Waals surface area (Å²) in [5.41, 5.74) is 6.44. The number of likely N-dealkylation sites (tertiary alicyclic amines) is 1. The molecular formula is C34H48N2. The van der Waals surface area contributed by atoms with Crippen molar-refractivity contribution in [3.8, 4) is 0 Å². The summed E-state index contributed by atoms with van der Waals surface area (Å²) in [5, 5.41) is 0. The van der Waals surface area contributed by atoms with Crippen molar-refractivity contribution in [3.63, 3.8) is 0 Å². The van der Waals surface area contributed by atoms with E-state index in [-0.39, 0.29) is 0 Å². The molecular weight excluding hydrogens is 436 g/mol. The number of hydrogen-bond donors (Lipinski definition) is 0. The van der Waals surface area contributed by atoms with E-state index in [0.717, 1.165) is 44.5 Å². The molecule has 2 aromatic rings. The summed E-state index contributed by atoms with van der Waals surface area (Å²) in [6, 6.07) is 20.6. The summed E-state index contributed by atoms with van der Waals surface area (Å²) in [5.74, 6) is 0.929. The summed E-state index contributed by atoms with van der Waals surface area (Å²) in [7, 11) is 0. The Hall–Kier alpha value is -2.45. The van der Waals surface area contributed by atoms with Crippen LogP contribution in [-0.4, -0.2) is 24.2 Å². The van der Waals surface area contributed by atoms with E-state index in [1.54, 1.807) is 0 Å². The van der Waals surface area contributed by atoms with Gasteiger partial charge in [0.05, 0.1) is 5.70 Å². The van der Waals surface area contributed by atoms with E-state index in [0.29, 0.717) is 17.9 Å². The Balaban J connectivity index is 1.91. The van der Waals surface area contributed by atoms with E-state index in [4.69, 9.17) is 4.99 Å². The molecule has 1 aliphatic rings. The number of aliphatic imine (C=N–C) groups is 1. The predicted molar refractivity (Wildman–Crippen MR) is 159 cm³/mol. The Morgan fingerprint density at radius 1 is 1.00 bits per heavy atom. The van der Waals surface area contributed by atoms with E-state index in [1.165, 1.54) is 47.9 Å². The predicted octanol–water partition coefficient (Wildman–Crippen LogP) is 9.30. The van der Waals surface area contributed by atoms with Gasteiger partial charge in [-0.2, -0.15) is 0 Å². The first kappa shape index (κ1) is 28.1. The molecule has 0 N–H and O–H groups in total. The largest absolute Gasteiger partial charge is 0.293 e. The fraction of sp³-hybridized carbons (Fsp3) is 0.500. The van der Waals surface area contributed by atoms with Crippen molar-refractivity contribution in [1.29, 1.82) is 0 Å². The fourth-order valence-electron chi connectivity index (χ4n) is 5.60. The molecule has 194 valence electrons. The molecule has 1 fully saturated rings. The summed E-state index contributed by atoms with van der Waals surface area (Å²) in [4.78, 5) is 7.83. The lowest BCUT2D eigenvalue weighted by Gasteiger charge is -2.35. The zero-order chi connectivity index (χ0) is 25.8. The minimum atomic E-state index is 0.333. The van der Waals surface area contributed by atoms with E-state index in [9.17, 15) is 0 Å². The molecule has 0 spiro atoms. The van der Waals surface area contributed by atoms with Crippen LogP contribution in [0.15, 0.2) is 77.8 Å². The van der Waals surface area contributed by atoms with Crippen molar-refractivity contribution in [2.75, 3.05) is 13.1 Å². The van der Waals surface area contributed by atoms with Gasteiger partial charge in [0, 0.05) is 24.7 Å². The van der Waals surface area contributed by atoms with E-state index in [2.05, 4.69) is 106 Å². The van der Waals surface area contributed by atoms with Crippen molar-refractivity contribution in [2.45, 2.75) is 85.1 Å². The summed E-state index contributed by atoms with van der Waals surface area (Å²) in [6.45, 7) is 15.5. The first-order valence-electron chi connectivity index (χ1n) is 14.4. The highest BCUT2D eigenvalue weighted by Crippen LogP contribution is 2.31. The van der Waals surface area contributed by atoms with Gasteiger partial charge in [0.1, 0.15) is 0 Å². The molecule has 2 atom stereocenters. The third kappa shape index (κ3) is 7.77. The molecule has 0 radical (unpaired) electrons. The molecule has 2 aromatic carbocycles. The monoisotopic (exact) mass is 484 g/mol. The maximum atomic E-state index is 5.19. The van der Waals surface area contributed by atoms with Crippen LogP contribution in [0.2, 0.25) is 0 Å². The second-order valence-corrected chi connectivity index (χ2v) is 10.3. The van der Waals surface area contributed by atoms with E-state index in [1.807, 2.05) is 0 Å². The van der Waals surface area contributed by atoms with Crippen LogP contribution in [0.5, 0.6) is 0 Å². The standard InChI is InChI=1S/C34H48N2/c1-6-15-28-19-21-30(22-20-28)33(35-26-32(27(5)7-2)29(8-3)9-4)23-25-36-24-14-13-18-34(36)31-16-11-10-12-17-31/h10-12,16-17,19-23,26,29,32,34H,5-9,13-15,18,24-25H2,1-4H3/b33-23+,35-26?. The van der Waals surface area contributed by atoms with Gasteiger partial charge in [-0.15, -0.1) is 0 Å². The molecule has 0 bridgehead atoms. The molecule has 0 saturated carbocycles. The zero-order valence-corrected chi connectivity index (χ0v) is 23.3. The van der Waals surface area contributed by atoms with Crippen molar-refractivity contribution in [1.82, 2.24) is 4.90 Å². The Labute approximate surface area is 221 Å². The highest BCUT2D eigenvalue weighted by molar-refractivity contribution is 5.77. The molecule has 2 nitrogen and oxygen atoms in total. The van der Waals surface area contributed by atoms with Crippen molar-refractivity contribution in [3.05, 3.63) is 89.5 Å². The summed E-state index contributed by atoms with van der Waals surface area (Å²) < 4.78 is 0. The highest BCUT2D eigenvalue weighted by atomic mass is 15.2. The topological polar surface area (TPSA) is 15.6 Å². The Morgan fingerprint density at radius 3 is 2.36 bits per heavy atom. The average Bonchev–Trinajstić information content (AvgIpc) is 2.93. The van der Waals surface area contributed by atoms with Crippen LogP contribution < -0.4 is 0 Å². The molecule has 0 aromatic heterocycles. The van der Waals surface area contributed by atoms with Gasteiger partial charge in [-0.1, -0.05) is 120 Å². The lowest BCUT2D eigenvalue weighted by Crippen LogP contribution is -2.33. The maximum absolute atomic E-state index is 5.19. The van der Waals surface area contributed by atoms with Crippen LogP contribution in [0.1, 0.15) is 95.4 Å². The molecule has 2 heteroatoms. The number of allylic oxidation sites excluding steroid dienone is 1. The first-order chi connectivity index (χ1) is 17.6. The van der Waals surface area contributed by atoms with Gasteiger partial charge in [-0.3, -0.25) is 9.89 Å². The smallest absolute Gasteiger partial charge is 0.0671 e. The van der Waals surface area contributed by atoms with Gasteiger partial charge in [-0.05, 0) is 60.9 Å². The number of rotatable bonds is 13. The molecule has 1 heterocycles. The van der Waals surface area contributed by atoms with Gasteiger partial charge in [0.25, 0.3) is 0 Å². The number of piperidine rings is 1. The minimum Gasteiger partial charge on any atom is -0.293 e. The molecule has 1 saturated heterocycles. The van der Waals surface area contributed by atoms with Gasteiger partial charge in [-0.25, -0.2) is 0 Å². The van der Waals surface area contributed by atoms with Gasteiger partial charge in [0.2, 0.25) is 0 Å². The molecule has 0 aliphatic carbocycles. The number of aryl methyl sites for hydroxylation is 1. The minimum absolute atomic E-state index is 0.333. The summed E-state index contributed by atoms with van der Waals surface area (Å²) >= 11 is 0. The van der Waals surface area contributed by atoms with E-state index >= 15 is 0 Å². The lowest BCUT2D eigenvalue weighted by atomic mass is 9.83. The second kappa shape index (κ2) is 15.0. The molecule has 3 rings (SSSR count). The van der Waals surface area contributed by atoms with Crippen LogP contribution in [0, 0.1) is 11.8 Å². The Morgan fingerprint density at radius 2 is 1.72 bits per heavy atom. The van der Waals surface area contributed by atoms with Gasteiger partial charge < -0.3 is 0 Å². The third-order valence-corrected chi connectivity index (χ3v) is 7.96. The lowest BCUT2D eigenvalue weighted by molar-refractivity contribution is 0.166. The SMILES string of the molecule is C=C(CC)C(C=N/C(=C/CN1CCCCC1c1ccccc1)c1ccc(CCC)cc1)C(CC)CC. The molecule has 2 unspecified atom stereocenters. The van der Waals surface area contributed by atoms with Crippen LogP contribution in [0.25, 0.3) is 5.70 Å². The maximum Gasteiger partial charge on any atom is 0.0671 e. The molecule has 0 amide bonds. The first-order valence-corrected chi connectivity index (χ1v) is 14.4. The Kier molecular flexibility index (Phi) is 11.7. The molecule has 36 heavy (non-hydrogen) atoms. The van der Waals surface area contributed by atoms with Crippen LogP contribution in [0.4, 0.5) is 0 Å². The van der Waals surface area contributed by atoms with E-state index < -0.39 is 0 Å². The van der Waals surface area contributed by atoms with Crippen LogP contribution in [-0.2, 0) is 6.42 Å². The van der Waals surface area contributed by atoms with Crippen molar-refractivity contribution >= 4 is 11.9 Å². The second-order valence-electron chi connectivity index (χ2n) is 10.3. The van der Waals surface area contributed by atoms with Gasteiger partial charge in [0.15, 0.2) is 0 Å². The van der Waals surface area contributed by atoms with Crippen LogP contribution in [0.3, 0.4) is 0 Å². The fourth-order valence-corrected chi connectivity index (χ4v) is 5.60. The highest BCUT2D eigenvalue weighted by Gasteiger charge is 2.23. The van der Waals surface area contributed by atoms with Crippen LogP contribution >= 0.6 is 0 Å². The average molecular weight is 485 g/mol. The number of hydrogen-bond acceptors (Lipinski definition) is 2. The zero-order valence-electron chi connectivity index (χ0n) is 23.3. The van der Waals surface area contributed by atoms with Crippen molar-refractivity contribution in [2.24, 2.45) is 16.8 Å². The number of nitrogens with zero attached hydrogens (tertiary/aromatic N) is 2. The summed E-state index contributed by atoms with van der Waals surface area (Å²) in [6.07, 6.45) is 14.0. The quantitative estimate of drug-likeness (QED) is 0.204. The molecule has 1 aliphatic heterocycles. The van der Waals surface area contributed by atoms with Crippen molar-refractivity contribution < 1.29 is 0 Å². The Bertz CT molecular complexity index is 966. The normalized spacial score (nSPS) is 18.1.